The van der Waals surface area contributed by atoms with Gasteiger partial charge in [-0.3, -0.25) is 19.3 Å². The Bertz CT molecular complexity index is 1140. The van der Waals surface area contributed by atoms with Gasteiger partial charge in [0, 0.05) is 56.7 Å². The second kappa shape index (κ2) is 12.0. The van der Waals surface area contributed by atoms with E-state index in [0.29, 0.717) is 18.8 Å². The van der Waals surface area contributed by atoms with Gasteiger partial charge in [-0.05, 0) is 26.5 Å². The van der Waals surface area contributed by atoms with Gasteiger partial charge in [0.15, 0.2) is 5.43 Å². The van der Waals surface area contributed by atoms with Crippen LogP contribution in [0.15, 0.2) is 29.2 Å². The van der Waals surface area contributed by atoms with Crippen molar-refractivity contribution >= 4 is 11.8 Å². The number of hydrogen-bond donors (Lipinski definition) is 3. The molecule has 9 nitrogen and oxygen atoms in total. The lowest BCUT2D eigenvalue weighted by Gasteiger charge is -2.36. The molecule has 1 aromatic heterocycles. The van der Waals surface area contributed by atoms with E-state index in [-0.39, 0.29) is 41.3 Å². The van der Waals surface area contributed by atoms with Crippen LogP contribution in [0.4, 0.5) is 8.78 Å². The minimum absolute atomic E-state index is 0.105. The Balaban J connectivity index is 0.00000103. The van der Waals surface area contributed by atoms with Gasteiger partial charge in [-0.25, -0.2) is 8.78 Å². The minimum Gasteiger partial charge on any atom is -0.400 e. The maximum Gasteiger partial charge on any atom is 0.272 e. The quantitative estimate of drug-likeness (QED) is 0.586. The lowest BCUT2D eigenvalue weighted by atomic mass is 10.1. The smallest absolute Gasteiger partial charge is 0.272 e. The number of aliphatic hydroxyl groups is 2. The predicted molar refractivity (Wildman–Crippen MR) is 126 cm³/mol. The van der Waals surface area contributed by atoms with Gasteiger partial charge in [0.2, 0.25) is 0 Å². The number of benzene rings is 1. The van der Waals surface area contributed by atoms with Crippen molar-refractivity contribution in [2.24, 2.45) is 0 Å². The zero-order valence-electron chi connectivity index (χ0n) is 20.5. The number of carbonyl (C=O) groups excluding carboxylic acids is 2. The molecule has 192 valence electrons. The summed E-state index contributed by atoms with van der Waals surface area (Å²) in [6.07, 6.45) is 1.28. The first-order chi connectivity index (χ1) is 16.7. The van der Waals surface area contributed by atoms with Crippen LogP contribution in [0.5, 0.6) is 0 Å². The summed E-state index contributed by atoms with van der Waals surface area (Å²) >= 11 is 0. The van der Waals surface area contributed by atoms with Crippen molar-refractivity contribution in [1.29, 1.82) is 0 Å². The SMILES string of the molecule is CCN1C(C)CN2C(=O)c3c(C)c(=O)c(C(=O)NCc4ccc(F)cc4F)cn3CC21.CO.CO. The Labute approximate surface area is 202 Å². The Hall–Kier alpha value is -3.15. The number of hydrogen-bond acceptors (Lipinski definition) is 6. The van der Waals surface area contributed by atoms with Crippen LogP contribution in [0.25, 0.3) is 0 Å². The molecule has 2 amide bonds. The first-order valence-corrected chi connectivity index (χ1v) is 11.1. The lowest BCUT2D eigenvalue weighted by molar-refractivity contribution is 0.0505. The average molecular weight is 495 g/mol. The molecule has 0 spiro atoms. The second-order valence-electron chi connectivity index (χ2n) is 8.03. The third-order valence-corrected chi connectivity index (χ3v) is 6.17. The molecule has 2 aliphatic rings. The molecule has 2 unspecified atom stereocenters. The van der Waals surface area contributed by atoms with Gasteiger partial charge in [-0.2, -0.15) is 0 Å². The van der Waals surface area contributed by atoms with Gasteiger partial charge in [0.25, 0.3) is 11.8 Å². The van der Waals surface area contributed by atoms with Gasteiger partial charge in [0.1, 0.15) is 29.1 Å². The van der Waals surface area contributed by atoms with E-state index in [9.17, 15) is 23.2 Å². The molecule has 0 bridgehead atoms. The highest BCUT2D eigenvalue weighted by Crippen LogP contribution is 2.28. The number of likely N-dealkylation sites (N-methyl/N-ethyl adjacent to an activating group) is 1. The number of halogens is 2. The molecule has 3 heterocycles. The van der Waals surface area contributed by atoms with Crippen LogP contribution in [0.1, 0.15) is 45.8 Å². The van der Waals surface area contributed by atoms with Gasteiger partial charge < -0.3 is 25.0 Å². The summed E-state index contributed by atoms with van der Waals surface area (Å²) < 4.78 is 28.6. The number of pyridine rings is 1. The van der Waals surface area contributed by atoms with Crippen molar-refractivity contribution in [2.75, 3.05) is 27.3 Å². The van der Waals surface area contributed by atoms with Crippen LogP contribution in [-0.4, -0.2) is 75.9 Å². The van der Waals surface area contributed by atoms with Crippen molar-refractivity contribution in [3.63, 3.8) is 0 Å². The number of nitrogens with one attached hydrogen (secondary N) is 1. The zero-order chi connectivity index (χ0) is 26.4. The lowest BCUT2D eigenvalue weighted by Crippen LogP contribution is -2.51. The summed E-state index contributed by atoms with van der Waals surface area (Å²) in [5.74, 6) is -2.38. The number of fused-ring (bicyclic) bond motifs is 2. The Morgan fingerprint density at radius 1 is 1.14 bits per heavy atom. The molecule has 2 aromatic rings. The van der Waals surface area contributed by atoms with Crippen LogP contribution >= 0.6 is 0 Å². The summed E-state index contributed by atoms with van der Waals surface area (Å²) in [6.45, 7) is 7.26. The number of rotatable bonds is 4. The molecular formula is C24H32F2N4O5. The van der Waals surface area contributed by atoms with E-state index in [2.05, 4.69) is 17.1 Å². The third-order valence-electron chi connectivity index (χ3n) is 6.17. The summed E-state index contributed by atoms with van der Waals surface area (Å²) in [7, 11) is 2.00. The average Bonchev–Trinajstić information content (AvgIpc) is 3.18. The maximum absolute atomic E-state index is 13.8. The first kappa shape index (κ1) is 28.1. The summed E-state index contributed by atoms with van der Waals surface area (Å²) in [4.78, 5) is 42.7. The van der Waals surface area contributed by atoms with E-state index in [1.54, 1.807) is 16.4 Å². The van der Waals surface area contributed by atoms with Gasteiger partial charge in [0.05, 0.1) is 6.54 Å². The minimum atomic E-state index is -0.778. The summed E-state index contributed by atoms with van der Waals surface area (Å²) in [5.41, 5.74) is -0.0260. The van der Waals surface area contributed by atoms with Crippen molar-refractivity contribution in [1.82, 2.24) is 19.7 Å². The highest BCUT2D eigenvalue weighted by atomic mass is 19.1. The van der Waals surface area contributed by atoms with Crippen LogP contribution in [0.3, 0.4) is 0 Å². The summed E-state index contributed by atoms with van der Waals surface area (Å²) in [6, 6.07) is 3.28. The van der Waals surface area contributed by atoms with Gasteiger partial charge >= 0.3 is 0 Å². The first-order valence-electron chi connectivity index (χ1n) is 11.1. The van der Waals surface area contributed by atoms with Crippen LogP contribution in [0, 0.1) is 18.6 Å². The van der Waals surface area contributed by atoms with Crippen molar-refractivity contribution in [2.45, 2.75) is 46.1 Å². The Morgan fingerprint density at radius 3 is 2.40 bits per heavy atom. The van der Waals surface area contributed by atoms with E-state index < -0.39 is 23.0 Å². The predicted octanol–water partition coefficient (Wildman–Crippen LogP) is 1.09. The van der Waals surface area contributed by atoms with E-state index in [1.807, 2.05) is 6.92 Å². The topological polar surface area (TPSA) is 115 Å². The fourth-order valence-electron chi connectivity index (χ4n) is 4.57. The summed E-state index contributed by atoms with van der Waals surface area (Å²) in [5, 5.41) is 16.5. The second-order valence-corrected chi connectivity index (χ2v) is 8.03. The molecule has 11 heteroatoms. The molecule has 2 aliphatic heterocycles. The number of aromatic nitrogens is 1. The van der Waals surface area contributed by atoms with E-state index in [4.69, 9.17) is 10.2 Å². The highest BCUT2D eigenvalue weighted by Gasteiger charge is 2.44. The number of aliphatic hydroxyl groups excluding tert-OH is 2. The molecule has 0 aliphatic carbocycles. The number of nitrogens with zero attached hydrogens (tertiary/aromatic N) is 3. The molecule has 1 fully saturated rings. The number of carbonyl (C=O) groups is 2. The fraction of sp³-hybridized carbons (Fsp3) is 0.458. The maximum atomic E-state index is 13.8. The largest absolute Gasteiger partial charge is 0.400 e. The van der Waals surface area contributed by atoms with Crippen molar-refractivity contribution in [3.05, 3.63) is 68.6 Å². The number of amides is 2. The van der Waals surface area contributed by atoms with Gasteiger partial charge in [-0.15, -0.1) is 0 Å². The standard InChI is InChI=1S/C22H24F2N4O3.2CH4O/c1-4-27-12(2)9-28-18(27)11-26-10-16(20(29)13(3)19(26)22(28)31)21(30)25-8-14-5-6-15(23)7-17(14)24;2*1-2/h5-7,10,12,18H,4,8-9,11H2,1-3H3,(H,25,30);2*2H,1H3. The van der Waals surface area contributed by atoms with E-state index in [0.717, 1.165) is 32.9 Å². The molecule has 4 rings (SSSR count). The van der Waals surface area contributed by atoms with E-state index >= 15 is 0 Å². The third kappa shape index (κ3) is 5.42. The Kier molecular flexibility index (Phi) is 9.64. The van der Waals surface area contributed by atoms with Crippen molar-refractivity contribution < 1.29 is 28.6 Å². The zero-order valence-corrected chi connectivity index (χ0v) is 20.5. The molecule has 35 heavy (non-hydrogen) atoms. The monoisotopic (exact) mass is 494 g/mol. The van der Waals surface area contributed by atoms with Gasteiger partial charge in [-0.1, -0.05) is 13.0 Å². The van der Waals surface area contributed by atoms with Crippen LogP contribution in [-0.2, 0) is 13.1 Å². The van der Waals surface area contributed by atoms with E-state index in [1.165, 1.54) is 12.3 Å². The molecular weight excluding hydrogens is 462 g/mol. The molecule has 0 saturated carbocycles. The molecule has 1 saturated heterocycles. The van der Waals surface area contributed by atoms with Crippen LogP contribution in [0.2, 0.25) is 0 Å². The Morgan fingerprint density at radius 2 is 1.80 bits per heavy atom. The molecule has 0 radical (unpaired) electrons. The molecule has 3 N–H and O–H groups in total. The molecule has 1 aromatic carbocycles. The van der Waals surface area contributed by atoms with Crippen LogP contribution < -0.4 is 10.7 Å². The fourth-order valence-corrected chi connectivity index (χ4v) is 4.57. The molecule has 2 atom stereocenters. The highest BCUT2D eigenvalue weighted by molar-refractivity contribution is 5.98. The normalized spacial score (nSPS) is 18.5. The van der Waals surface area contributed by atoms with Crippen molar-refractivity contribution in [3.8, 4) is 0 Å².